The van der Waals surface area contributed by atoms with Crippen molar-refractivity contribution in [2.24, 2.45) is 0 Å². The summed E-state index contributed by atoms with van der Waals surface area (Å²) in [5.41, 5.74) is 3.98. The monoisotopic (exact) mass is 281 g/mol. The van der Waals surface area contributed by atoms with Crippen LogP contribution in [0.5, 0.6) is 5.75 Å². The van der Waals surface area contributed by atoms with Gasteiger partial charge in [-0.1, -0.05) is 45.0 Å². The van der Waals surface area contributed by atoms with Gasteiger partial charge in [0.2, 0.25) is 0 Å². The van der Waals surface area contributed by atoms with Crippen LogP contribution in [0.2, 0.25) is 0 Å². The molecule has 21 heavy (non-hydrogen) atoms. The second-order valence-corrected chi connectivity index (χ2v) is 6.36. The van der Waals surface area contributed by atoms with E-state index in [1.54, 1.807) is 0 Å². The molecule has 0 unspecified atom stereocenters. The molecule has 0 aliphatic heterocycles. The Labute approximate surface area is 124 Å². The van der Waals surface area contributed by atoms with E-state index in [2.05, 4.69) is 31.0 Å². The number of aromatic nitrogens is 3. The minimum Gasteiger partial charge on any atom is -0.505 e. The molecule has 4 heteroatoms. The van der Waals surface area contributed by atoms with E-state index >= 15 is 0 Å². The molecular formula is C17H19N3O. The van der Waals surface area contributed by atoms with Crippen molar-refractivity contribution in [1.29, 1.82) is 0 Å². The zero-order valence-electron chi connectivity index (χ0n) is 12.8. The highest BCUT2D eigenvalue weighted by molar-refractivity contribution is 5.74. The molecule has 1 aromatic heterocycles. The molecule has 0 amide bonds. The van der Waals surface area contributed by atoms with Gasteiger partial charge in [-0.25, -0.2) is 0 Å². The molecule has 1 N–H and O–H groups in total. The summed E-state index contributed by atoms with van der Waals surface area (Å²) in [6.45, 7) is 8.19. The summed E-state index contributed by atoms with van der Waals surface area (Å²) in [4.78, 5) is 1.53. The molecule has 0 atom stereocenters. The summed E-state index contributed by atoms with van der Waals surface area (Å²) in [6, 6.07) is 11.7. The fourth-order valence-electron chi connectivity index (χ4n) is 2.50. The fourth-order valence-corrected chi connectivity index (χ4v) is 2.50. The van der Waals surface area contributed by atoms with Gasteiger partial charge in [-0.2, -0.15) is 0 Å². The number of phenols is 1. The van der Waals surface area contributed by atoms with E-state index in [4.69, 9.17) is 0 Å². The third kappa shape index (κ3) is 2.27. The third-order valence-electron chi connectivity index (χ3n) is 3.65. The lowest BCUT2D eigenvalue weighted by atomic mass is 9.85. The van der Waals surface area contributed by atoms with Crippen molar-refractivity contribution < 1.29 is 5.11 Å². The summed E-state index contributed by atoms with van der Waals surface area (Å²) >= 11 is 0. The average molecular weight is 281 g/mol. The molecule has 0 spiro atoms. The number of hydrogen-bond donors (Lipinski definition) is 1. The summed E-state index contributed by atoms with van der Waals surface area (Å²) in [7, 11) is 0. The molecule has 1 heterocycles. The zero-order valence-corrected chi connectivity index (χ0v) is 12.8. The van der Waals surface area contributed by atoms with Crippen LogP contribution in [-0.4, -0.2) is 20.1 Å². The maximum atomic E-state index is 10.7. The van der Waals surface area contributed by atoms with Crippen LogP contribution in [0.3, 0.4) is 0 Å². The quantitative estimate of drug-likeness (QED) is 0.739. The van der Waals surface area contributed by atoms with Crippen LogP contribution < -0.4 is 0 Å². The van der Waals surface area contributed by atoms with Gasteiger partial charge in [0.05, 0.1) is 0 Å². The molecule has 0 aliphatic carbocycles. The molecule has 0 radical (unpaired) electrons. The van der Waals surface area contributed by atoms with Gasteiger partial charge in [-0.3, -0.25) is 0 Å². The number of rotatable bonds is 1. The third-order valence-corrected chi connectivity index (χ3v) is 3.65. The Morgan fingerprint density at radius 2 is 1.52 bits per heavy atom. The summed E-state index contributed by atoms with van der Waals surface area (Å²) in [5.74, 6) is 0.253. The molecule has 0 saturated carbocycles. The molecule has 3 aromatic rings. The van der Waals surface area contributed by atoms with Crippen LogP contribution in [0, 0.1) is 6.92 Å². The molecule has 0 bridgehead atoms. The number of hydrogen-bond acceptors (Lipinski definition) is 3. The molecule has 0 aliphatic rings. The Bertz CT molecular complexity index is 780. The summed E-state index contributed by atoms with van der Waals surface area (Å²) < 4.78 is 0. The Kier molecular flexibility index (Phi) is 2.97. The summed E-state index contributed by atoms with van der Waals surface area (Å²) in [5, 5.41) is 19.6. The van der Waals surface area contributed by atoms with E-state index in [0.29, 0.717) is 5.69 Å². The molecule has 0 fully saturated rings. The number of nitrogens with zero attached hydrogens (tertiary/aromatic N) is 3. The first-order valence-electron chi connectivity index (χ1n) is 7.03. The largest absolute Gasteiger partial charge is 0.505 e. The average Bonchev–Trinajstić information content (AvgIpc) is 2.80. The van der Waals surface area contributed by atoms with Crippen molar-refractivity contribution in [1.82, 2.24) is 15.0 Å². The van der Waals surface area contributed by atoms with Crippen LogP contribution in [-0.2, 0) is 5.41 Å². The van der Waals surface area contributed by atoms with Gasteiger partial charge in [0, 0.05) is 5.56 Å². The maximum absolute atomic E-state index is 10.7. The number of phenolic OH excluding ortho intramolecular Hbond substituents is 1. The minimum atomic E-state index is -0.140. The molecule has 108 valence electrons. The van der Waals surface area contributed by atoms with Gasteiger partial charge in [-0.05, 0) is 30.0 Å². The highest BCUT2D eigenvalue weighted by Gasteiger charge is 2.22. The van der Waals surface area contributed by atoms with Crippen molar-refractivity contribution in [3.8, 4) is 11.4 Å². The number of aromatic hydroxyl groups is 1. The number of aryl methyl sites for hydroxylation is 1. The lowest BCUT2D eigenvalue weighted by Gasteiger charge is -2.22. The standard InChI is InChI=1S/C17H19N3O/c1-11-9-10-12(17(2,3)4)16(21)15(11)20-18-13-7-5-6-8-14(13)19-20/h5-10,21H,1-4H3. The predicted molar refractivity (Wildman–Crippen MR) is 84.0 cm³/mol. The molecule has 0 saturated heterocycles. The van der Waals surface area contributed by atoms with Gasteiger partial charge in [0.15, 0.2) is 0 Å². The first-order chi connectivity index (χ1) is 9.88. The first kappa shape index (κ1) is 13.6. The van der Waals surface area contributed by atoms with Gasteiger partial charge in [0.1, 0.15) is 22.5 Å². The van der Waals surface area contributed by atoms with E-state index in [1.807, 2.05) is 43.3 Å². The van der Waals surface area contributed by atoms with Crippen LogP contribution in [0.4, 0.5) is 0 Å². The van der Waals surface area contributed by atoms with Crippen molar-refractivity contribution in [3.63, 3.8) is 0 Å². The van der Waals surface area contributed by atoms with Crippen LogP contribution >= 0.6 is 0 Å². The van der Waals surface area contributed by atoms with Gasteiger partial charge >= 0.3 is 0 Å². The van der Waals surface area contributed by atoms with Crippen molar-refractivity contribution in [2.45, 2.75) is 33.1 Å². The minimum absolute atomic E-state index is 0.140. The Morgan fingerprint density at radius 3 is 2.05 bits per heavy atom. The van der Waals surface area contributed by atoms with E-state index in [9.17, 15) is 5.11 Å². The second kappa shape index (κ2) is 4.58. The lowest BCUT2D eigenvalue weighted by Crippen LogP contribution is -2.13. The summed E-state index contributed by atoms with van der Waals surface area (Å²) in [6.07, 6.45) is 0. The SMILES string of the molecule is Cc1ccc(C(C)(C)C)c(O)c1-n1nc2ccccc2n1. The Balaban J connectivity index is 2.26. The Hall–Kier alpha value is -2.36. The van der Waals surface area contributed by atoms with Gasteiger partial charge in [0.25, 0.3) is 0 Å². The van der Waals surface area contributed by atoms with Crippen LogP contribution in [0.25, 0.3) is 16.7 Å². The highest BCUT2D eigenvalue weighted by Crippen LogP contribution is 2.36. The molecule has 2 aromatic carbocycles. The maximum Gasteiger partial charge on any atom is 0.147 e. The highest BCUT2D eigenvalue weighted by atomic mass is 16.3. The smallest absolute Gasteiger partial charge is 0.147 e. The normalized spacial score (nSPS) is 12.0. The Morgan fingerprint density at radius 1 is 0.952 bits per heavy atom. The van der Waals surface area contributed by atoms with E-state index in [-0.39, 0.29) is 11.2 Å². The van der Waals surface area contributed by atoms with Gasteiger partial charge in [-0.15, -0.1) is 15.0 Å². The van der Waals surface area contributed by atoms with E-state index in [1.165, 1.54) is 4.80 Å². The lowest BCUT2D eigenvalue weighted by molar-refractivity contribution is 0.440. The molecule has 3 rings (SSSR count). The van der Waals surface area contributed by atoms with Crippen molar-refractivity contribution in [3.05, 3.63) is 47.5 Å². The topological polar surface area (TPSA) is 50.9 Å². The first-order valence-corrected chi connectivity index (χ1v) is 7.03. The van der Waals surface area contributed by atoms with Gasteiger partial charge < -0.3 is 5.11 Å². The zero-order chi connectivity index (χ0) is 15.2. The molecular weight excluding hydrogens is 262 g/mol. The predicted octanol–water partition coefficient (Wildman–Crippen LogP) is 3.73. The van der Waals surface area contributed by atoms with Crippen molar-refractivity contribution in [2.75, 3.05) is 0 Å². The van der Waals surface area contributed by atoms with Crippen LogP contribution in [0.1, 0.15) is 31.9 Å². The molecule has 4 nitrogen and oxygen atoms in total. The fraction of sp³-hybridized carbons (Fsp3) is 0.294. The van der Waals surface area contributed by atoms with Crippen LogP contribution in [0.15, 0.2) is 36.4 Å². The number of fused-ring (bicyclic) bond motifs is 1. The van der Waals surface area contributed by atoms with Crippen molar-refractivity contribution >= 4 is 11.0 Å². The second-order valence-electron chi connectivity index (χ2n) is 6.36. The number of benzene rings is 2. The van der Waals surface area contributed by atoms with E-state index < -0.39 is 0 Å². The van der Waals surface area contributed by atoms with E-state index in [0.717, 1.165) is 22.2 Å².